The van der Waals surface area contributed by atoms with E-state index in [1.54, 1.807) is 0 Å². The van der Waals surface area contributed by atoms with Gasteiger partial charge in [0.15, 0.2) is 0 Å². The Balaban J connectivity index is 1.72. The van der Waals surface area contributed by atoms with Gasteiger partial charge in [0.1, 0.15) is 23.6 Å². The molecule has 3 rings (SSSR count). The first-order valence-electron chi connectivity index (χ1n) is 8.33. The van der Waals surface area contributed by atoms with Crippen molar-refractivity contribution in [3.63, 3.8) is 0 Å². The van der Waals surface area contributed by atoms with Gasteiger partial charge in [0.25, 0.3) is 5.91 Å². The molecule has 1 aromatic rings. The Morgan fingerprint density at radius 1 is 1.26 bits per heavy atom. The minimum atomic E-state index is -0.975. The Kier molecular flexibility index (Phi) is 5.43. The zero-order valence-electron chi connectivity index (χ0n) is 15.0. The van der Waals surface area contributed by atoms with E-state index >= 15 is 0 Å². The number of benzene rings is 1. The van der Waals surface area contributed by atoms with Gasteiger partial charge in [-0.15, -0.1) is 0 Å². The maximum Gasteiger partial charge on any atom is 0.325 e. The van der Waals surface area contributed by atoms with Crippen molar-refractivity contribution in [2.24, 2.45) is 0 Å². The van der Waals surface area contributed by atoms with Crippen LogP contribution in [0.5, 0.6) is 11.5 Å². The number of carbonyl (C=O) groups excluding carboxylic acids is 3. The second-order valence-corrected chi connectivity index (χ2v) is 6.66. The van der Waals surface area contributed by atoms with Crippen LogP contribution in [0.25, 0.3) is 0 Å². The van der Waals surface area contributed by atoms with Gasteiger partial charge in [0.2, 0.25) is 5.91 Å². The van der Waals surface area contributed by atoms with E-state index in [0.717, 1.165) is 4.90 Å². The highest BCUT2D eigenvalue weighted by Gasteiger charge is 2.52. The zero-order valence-corrected chi connectivity index (χ0v) is 15.7. The molecule has 9 nitrogen and oxygen atoms in total. The molecular weight excluding hydrogens is 378 g/mol. The van der Waals surface area contributed by atoms with E-state index < -0.39 is 29.9 Å². The van der Waals surface area contributed by atoms with Crippen LogP contribution < -0.4 is 20.1 Å². The number of hydrogen-bond acceptors (Lipinski definition) is 6. The summed E-state index contributed by atoms with van der Waals surface area (Å²) in [4.78, 5) is 38.2. The Morgan fingerprint density at radius 3 is 2.56 bits per heavy atom. The van der Waals surface area contributed by atoms with E-state index in [0.29, 0.717) is 43.2 Å². The Labute approximate surface area is 160 Å². The van der Waals surface area contributed by atoms with Crippen LogP contribution in [0.2, 0.25) is 5.02 Å². The molecule has 0 bridgehead atoms. The topological polar surface area (TPSA) is 106 Å². The van der Waals surface area contributed by atoms with Gasteiger partial charge >= 0.3 is 6.03 Å². The number of anilines is 1. The van der Waals surface area contributed by atoms with Crippen LogP contribution in [-0.4, -0.2) is 62.3 Å². The smallest absolute Gasteiger partial charge is 0.325 e. The number of carbonyl (C=O) groups is 3. The molecule has 10 heteroatoms. The standard InChI is InChI=1S/C17H20ClN3O6/c1-25-12-8-13(26-2)11(7-10(12)18)19-14(22)9-21-15(23)17(20-16(21)24)3-5-27-6-4-17/h7-8H,3-6,9H2,1-2H3,(H,19,22)(H,20,24). The van der Waals surface area contributed by atoms with Crippen molar-refractivity contribution in [2.45, 2.75) is 18.4 Å². The normalized spacial score (nSPS) is 18.4. The first-order chi connectivity index (χ1) is 12.9. The van der Waals surface area contributed by atoms with Crippen molar-refractivity contribution in [1.82, 2.24) is 10.2 Å². The van der Waals surface area contributed by atoms with Crippen LogP contribution >= 0.6 is 11.6 Å². The second-order valence-electron chi connectivity index (χ2n) is 6.25. The summed E-state index contributed by atoms with van der Waals surface area (Å²) in [6.07, 6.45) is 0.773. The van der Waals surface area contributed by atoms with E-state index in [-0.39, 0.29) is 5.02 Å². The van der Waals surface area contributed by atoms with Crippen LogP contribution in [0.1, 0.15) is 12.8 Å². The summed E-state index contributed by atoms with van der Waals surface area (Å²) in [5, 5.41) is 5.59. The molecule has 2 saturated heterocycles. The summed E-state index contributed by atoms with van der Waals surface area (Å²) in [5.41, 5.74) is -0.669. The van der Waals surface area contributed by atoms with Crippen molar-refractivity contribution in [1.29, 1.82) is 0 Å². The highest BCUT2D eigenvalue weighted by atomic mass is 35.5. The lowest BCUT2D eigenvalue weighted by atomic mass is 9.90. The molecule has 146 valence electrons. The van der Waals surface area contributed by atoms with E-state index in [2.05, 4.69) is 10.6 Å². The fourth-order valence-electron chi connectivity index (χ4n) is 3.17. The number of methoxy groups -OCH3 is 2. The summed E-state index contributed by atoms with van der Waals surface area (Å²) in [6.45, 7) is 0.348. The summed E-state index contributed by atoms with van der Waals surface area (Å²) >= 11 is 6.08. The fraction of sp³-hybridized carbons (Fsp3) is 0.471. The van der Waals surface area contributed by atoms with Crippen LogP contribution in [0.4, 0.5) is 10.5 Å². The summed E-state index contributed by atoms with van der Waals surface area (Å²) in [6, 6.07) is 2.42. The van der Waals surface area contributed by atoms with Gasteiger partial charge in [-0.05, 0) is 6.07 Å². The quantitative estimate of drug-likeness (QED) is 0.727. The van der Waals surface area contributed by atoms with E-state index in [1.165, 1.54) is 26.4 Å². The highest BCUT2D eigenvalue weighted by Crippen LogP contribution is 2.36. The predicted molar refractivity (Wildman–Crippen MR) is 96.2 cm³/mol. The third kappa shape index (κ3) is 3.65. The number of imide groups is 1. The monoisotopic (exact) mass is 397 g/mol. The third-order valence-electron chi connectivity index (χ3n) is 4.64. The minimum absolute atomic E-state index is 0.282. The fourth-order valence-corrected chi connectivity index (χ4v) is 3.41. The van der Waals surface area contributed by atoms with E-state index in [4.69, 9.17) is 25.8 Å². The molecule has 2 aliphatic rings. The highest BCUT2D eigenvalue weighted by molar-refractivity contribution is 6.32. The number of ether oxygens (including phenoxy) is 3. The molecule has 4 amide bonds. The lowest BCUT2D eigenvalue weighted by molar-refractivity contribution is -0.136. The van der Waals surface area contributed by atoms with Gasteiger partial charge in [-0.1, -0.05) is 11.6 Å². The van der Waals surface area contributed by atoms with Crippen molar-refractivity contribution in [2.75, 3.05) is 39.3 Å². The molecule has 2 aliphatic heterocycles. The number of halogens is 1. The molecule has 0 aromatic heterocycles. The number of urea groups is 1. The average molecular weight is 398 g/mol. The van der Waals surface area contributed by atoms with Crippen LogP contribution in [0.15, 0.2) is 12.1 Å². The van der Waals surface area contributed by atoms with Crippen LogP contribution in [0, 0.1) is 0 Å². The Hall–Kier alpha value is -2.52. The van der Waals surface area contributed by atoms with E-state index in [9.17, 15) is 14.4 Å². The van der Waals surface area contributed by atoms with Crippen LogP contribution in [-0.2, 0) is 14.3 Å². The van der Waals surface area contributed by atoms with Gasteiger partial charge in [0, 0.05) is 32.1 Å². The number of nitrogens with zero attached hydrogens (tertiary/aromatic N) is 1. The molecular formula is C17H20ClN3O6. The van der Waals surface area contributed by atoms with Crippen LogP contribution in [0.3, 0.4) is 0 Å². The largest absolute Gasteiger partial charge is 0.495 e. The molecule has 2 N–H and O–H groups in total. The Morgan fingerprint density at radius 2 is 1.93 bits per heavy atom. The van der Waals surface area contributed by atoms with Crippen molar-refractivity contribution in [3.05, 3.63) is 17.2 Å². The third-order valence-corrected chi connectivity index (χ3v) is 4.94. The average Bonchev–Trinajstić information content (AvgIpc) is 2.86. The summed E-state index contributed by atoms with van der Waals surface area (Å²) in [5.74, 6) is -0.238. The van der Waals surface area contributed by atoms with Gasteiger partial charge in [0.05, 0.1) is 24.9 Å². The second kappa shape index (κ2) is 7.61. The molecule has 2 fully saturated rings. The molecule has 2 heterocycles. The number of amides is 4. The molecule has 0 atom stereocenters. The first-order valence-corrected chi connectivity index (χ1v) is 8.71. The maximum absolute atomic E-state index is 12.7. The lowest BCUT2D eigenvalue weighted by Crippen LogP contribution is -2.51. The molecule has 1 spiro atoms. The summed E-state index contributed by atoms with van der Waals surface area (Å²) < 4.78 is 15.6. The molecule has 0 saturated carbocycles. The molecule has 0 unspecified atom stereocenters. The number of rotatable bonds is 5. The summed E-state index contributed by atoms with van der Waals surface area (Å²) in [7, 11) is 2.90. The van der Waals surface area contributed by atoms with Crippen molar-refractivity contribution < 1.29 is 28.6 Å². The zero-order chi connectivity index (χ0) is 19.6. The first kappa shape index (κ1) is 19.2. The predicted octanol–water partition coefficient (Wildman–Crippen LogP) is 1.40. The molecule has 0 radical (unpaired) electrons. The van der Waals surface area contributed by atoms with E-state index in [1.807, 2.05) is 0 Å². The Bertz CT molecular complexity index is 778. The molecule has 0 aliphatic carbocycles. The number of hydrogen-bond donors (Lipinski definition) is 2. The van der Waals surface area contributed by atoms with Gasteiger partial charge in [-0.2, -0.15) is 0 Å². The SMILES string of the molecule is COc1cc(OC)c(NC(=O)CN2C(=O)NC3(CCOCC3)C2=O)cc1Cl. The van der Waals surface area contributed by atoms with Gasteiger partial charge in [-0.25, -0.2) is 4.79 Å². The van der Waals surface area contributed by atoms with Gasteiger partial charge in [-0.3, -0.25) is 14.5 Å². The molecule has 1 aromatic carbocycles. The maximum atomic E-state index is 12.7. The van der Waals surface area contributed by atoms with Crippen molar-refractivity contribution in [3.8, 4) is 11.5 Å². The van der Waals surface area contributed by atoms with Crippen molar-refractivity contribution >= 4 is 35.1 Å². The number of nitrogens with one attached hydrogen (secondary N) is 2. The van der Waals surface area contributed by atoms with Gasteiger partial charge < -0.3 is 24.8 Å². The minimum Gasteiger partial charge on any atom is -0.495 e. The lowest BCUT2D eigenvalue weighted by Gasteiger charge is -2.30. The molecule has 27 heavy (non-hydrogen) atoms.